The van der Waals surface area contributed by atoms with Crippen molar-refractivity contribution in [1.82, 2.24) is 24.3 Å². The van der Waals surface area contributed by atoms with Crippen LogP contribution in [-0.4, -0.2) is 49.8 Å². The fraction of sp³-hybridized carbons (Fsp3) is 0.516. The molecule has 6 heteroatoms. The molecule has 0 aliphatic rings. The van der Waals surface area contributed by atoms with Crippen LogP contribution in [0, 0.1) is 6.92 Å². The number of hydrogen-bond donors (Lipinski definition) is 0. The van der Waals surface area contributed by atoms with Gasteiger partial charge in [0.25, 0.3) is 0 Å². The SMILES string of the molecule is CCCN(CCC)CCCCCC(=O)c1ccc(CN(Cc2ccc(C)cn2)Cc2nccn2C)cc1. The highest BCUT2D eigenvalue weighted by atomic mass is 16.1. The van der Waals surface area contributed by atoms with E-state index in [4.69, 9.17) is 0 Å². The maximum atomic E-state index is 12.8. The lowest BCUT2D eigenvalue weighted by molar-refractivity contribution is 0.0978. The minimum Gasteiger partial charge on any atom is -0.337 e. The van der Waals surface area contributed by atoms with Crippen LogP contribution < -0.4 is 0 Å². The van der Waals surface area contributed by atoms with Crippen molar-refractivity contribution >= 4 is 5.78 Å². The molecule has 0 amide bonds. The second-order valence-corrected chi connectivity index (χ2v) is 10.2. The van der Waals surface area contributed by atoms with Gasteiger partial charge in [0.2, 0.25) is 0 Å². The number of hydrogen-bond acceptors (Lipinski definition) is 5. The quantitative estimate of drug-likeness (QED) is 0.162. The Hall–Kier alpha value is -2.83. The van der Waals surface area contributed by atoms with Crippen molar-refractivity contribution in [3.63, 3.8) is 0 Å². The van der Waals surface area contributed by atoms with Crippen LogP contribution in [0.4, 0.5) is 0 Å². The van der Waals surface area contributed by atoms with Gasteiger partial charge in [-0.3, -0.25) is 14.7 Å². The molecule has 37 heavy (non-hydrogen) atoms. The molecule has 3 rings (SSSR count). The molecule has 0 fully saturated rings. The average molecular weight is 504 g/mol. The third-order valence-corrected chi connectivity index (χ3v) is 6.78. The first-order valence-electron chi connectivity index (χ1n) is 13.9. The van der Waals surface area contributed by atoms with Crippen LogP contribution in [0.15, 0.2) is 55.0 Å². The van der Waals surface area contributed by atoms with Gasteiger partial charge in [0.15, 0.2) is 5.78 Å². The first kappa shape index (κ1) is 28.7. The van der Waals surface area contributed by atoms with Crippen molar-refractivity contribution < 1.29 is 4.79 Å². The van der Waals surface area contributed by atoms with Gasteiger partial charge in [-0.15, -0.1) is 0 Å². The van der Waals surface area contributed by atoms with Gasteiger partial charge in [-0.25, -0.2) is 4.98 Å². The Bertz CT molecular complexity index is 1050. The number of benzene rings is 1. The van der Waals surface area contributed by atoms with E-state index in [9.17, 15) is 4.79 Å². The molecule has 0 aliphatic carbocycles. The largest absolute Gasteiger partial charge is 0.337 e. The first-order valence-corrected chi connectivity index (χ1v) is 13.9. The van der Waals surface area contributed by atoms with E-state index in [2.05, 4.69) is 69.4 Å². The fourth-order valence-corrected chi connectivity index (χ4v) is 4.70. The highest BCUT2D eigenvalue weighted by molar-refractivity contribution is 5.96. The number of rotatable bonds is 17. The molecule has 0 saturated heterocycles. The number of Topliss-reactive ketones (excluding diaryl/α,β-unsaturated/α-hetero) is 1. The highest BCUT2D eigenvalue weighted by Gasteiger charge is 2.13. The van der Waals surface area contributed by atoms with Crippen molar-refractivity contribution in [2.24, 2.45) is 7.05 Å². The summed E-state index contributed by atoms with van der Waals surface area (Å²) in [6.45, 7) is 12.3. The number of carbonyl (C=O) groups is 1. The number of carbonyl (C=O) groups excluding carboxylic acids is 1. The average Bonchev–Trinajstić information content (AvgIpc) is 3.29. The predicted octanol–water partition coefficient (Wildman–Crippen LogP) is 6.19. The molecule has 1 aromatic carbocycles. The second kappa shape index (κ2) is 15.4. The summed E-state index contributed by atoms with van der Waals surface area (Å²) in [5.41, 5.74) is 4.21. The van der Waals surface area contributed by atoms with E-state index in [-0.39, 0.29) is 5.78 Å². The second-order valence-electron chi connectivity index (χ2n) is 10.2. The fourth-order valence-electron chi connectivity index (χ4n) is 4.70. The summed E-state index contributed by atoms with van der Waals surface area (Å²) < 4.78 is 2.06. The van der Waals surface area contributed by atoms with Crippen LogP contribution >= 0.6 is 0 Å². The molecule has 0 aliphatic heterocycles. The van der Waals surface area contributed by atoms with Crippen LogP contribution in [0.3, 0.4) is 0 Å². The Kier molecular flexibility index (Phi) is 12.0. The lowest BCUT2D eigenvalue weighted by Crippen LogP contribution is -2.26. The molecule has 0 radical (unpaired) electrons. The van der Waals surface area contributed by atoms with Gasteiger partial charge in [-0.1, -0.05) is 50.6 Å². The van der Waals surface area contributed by atoms with E-state index < -0.39 is 0 Å². The zero-order chi connectivity index (χ0) is 26.5. The summed E-state index contributed by atoms with van der Waals surface area (Å²) in [5.74, 6) is 1.27. The highest BCUT2D eigenvalue weighted by Crippen LogP contribution is 2.15. The van der Waals surface area contributed by atoms with Crippen LogP contribution in [-0.2, 0) is 26.7 Å². The molecule has 3 aromatic rings. The molecular weight excluding hydrogens is 458 g/mol. The number of nitrogens with zero attached hydrogens (tertiary/aromatic N) is 5. The Labute approximate surface area is 223 Å². The maximum absolute atomic E-state index is 12.8. The number of pyridine rings is 1. The van der Waals surface area contributed by atoms with Gasteiger partial charge >= 0.3 is 0 Å². The molecule has 0 bridgehead atoms. The lowest BCUT2D eigenvalue weighted by Gasteiger charge is -2.22. The summed E-state index contributed by atoms with van der Waals surface area (Å²) in [5, 5.41) is 0. The summed E-state index contributed by atoms with van der Waals surface area (Å²) >= 11 is 0. The van der Waals surface area contributed by atoms with Gasteiger partial charge in [0.1, 0.15) is 5.82 Å². The molecule has 200 valence electrons. The van der Waals surface area contributed by atoms with Crippen molar-refractivity contribution in [3.05, 3.63) is 83.2 Å². The molecule has 6 nitrogen and oxygen atoms in total. The van der Waals surface area contributed by atoms with Crippen molar-refractivity contribution in [2.45, 2.75) is 78.9 Å². The third-order valence-electron chi connectivity index (χ3n) is 6.78. The van der Waals surface area contributed by atoms with Gasteiger partial charge in [-0.2, -0.15) is 0 Å². The monoisotopic (exact) mass is 503 g/mol. The van der Waals surface area contributed by atoms with Crippen molar-refractivity contribution in [2.75, 3.05) is 19.6 Å². The van der Waals surface area contributed by atoms with Gasteiger partial charge in [0.05, 0.1) is 12.2 Å². The van der Waals surface area contributed by atoms with Gasteiger partial charge in [0, 0.05) is 50.7 Å². The Balaban J connectivity index is 1.52. The number of imidazole rings is 1. The van der Waals surface area contributed by atoms with E-state index in [0.717, 1.165) is 61.7 Å². The summed E-state index contributed by atoms with van der Waals surface area (Å²) in [4.78, 5) is 26.8. The number of aryl methyl sites for hydroxylation is 2. The third kappa shape index (κ3) is 9.86. The Morgan fingerprint density at radius 1 is 0.838 bits per heavy atom. The molecule has 0 unspecified atom stereocenters. The topological polar surface area (TPSA) is 54.3 Å². The summed E-state index contributed by atoms with van der Waals surface area (Å²) in [6.07, 6.45) is 12.0. The van der Waals surface area contributed by atoms with E-state index in [1.54, 1.807) is 0 Å². The minimum atomic E-state index is 0.249. The molecule has 2 aromatic heterocycles. The van der Waals surface area contributed by atoms with Crippen LogP contribution in [0.25, 0.3) is 0 Å². The molecule has 0 saturated carbocycles. The standard InChI is InChI=1S/C31H45N5O/c1-5-18-35(19-6-2)20-9-7-8-10-30(37)28-14-12-27(13-15-28)23-36(25-31-32-17-21-34(31)4)24-29-16-11-26(3)22-33-29/h11-17,21-22H,5-10,18-20,23-25H2,1-4H3. The van der Waals surface area contributed by atoms with Crippen LogP contribution in [0.2, 0.25) is 0 Å². The maximum Gasteiger partial charge on any atom is 0.162 e. The molecular formula is C31H45N5O. The van der Waals surface area contributed by atoms with Gasteiger partial charge in [-0.05, 0) is 69.4 Å². The normalized spacial score (nSPS) is 11.5. The molecule has 2 heterocycles. The lowest BCUT2D eigenvalue weighted by atomic mass is 10.0. The predicted molar refractivity (Wildman–Crippen MR) is 151 cm³/mol. The van der Waals surface area contributed by atoms with E-state index >= 15 is 0 Å². The Morgan fingerprint density at radius 3 is 2.22 bits per heavy atom. The van der Waals surface area contributed by atoms with Gasteiger partial charge < -0.3 is 9.47 Å². The van der Waals surface area contributed by atoms with E-state index in [1.807, 2.05) is 37.8 Å². The number of ketones is 1. The zero-order valence-electron chi connectivity index (χ0n) is 23.3. The summed E-state index contributed by atoms with van der Waals surface area (Å²) in [6, 6.07) is 12.4. The Morgan fingerprint density at radius 2 is 1.59 bits per heavy atom. The van der Waals surface area contributed by atoms with Crippen molar-refractivity contribution in [1.29, 1.82) is 0 Å². The van der Waals surface area contributed by atoms with Crippen LogP contribution in [0.5, 0.6) is 0 Å². The zero-order valence-corrected chi connectivity index (χ0v) is 23.3. The van der Waals surface area contributed by atoms with E-state index in [0.29, 0.717) is 6.42 Å². The number of aromatic nitrogens is 3. The first-order chi connectivity index (χ1) is 18.0. The molecule has 0 N–H and O–H groups in total. The van der Waals surface area contributed by atoms with Crippen LogP contribution in [0.1, 0.15) is 85.4 Å². The van der Waals surface area contributed by atoms with Crippen molar-refractivity contribution in [3.8, 4) is 0 Å². The molecule has 0 spiro atoms. The molecule has 0 atom stereocenters. The smallest absolute Gasteiger partial charge is 0.162 e. The summed E-state index contributed by atoms with van der Waals surface area (Å²) in [7, 11) is 2.03. The number of unbranched alkanes of at least 4 members (excludes halogenated alkanes) is 2. The minimum absolute atomic E-state index is 0.249. The van der Waals surface area contributed by atoms with E-state index in [1.165, 1.54) is 37.9 Å².